The molecule has 0 saturated carbocycles. The number of amides is 2. The van der Waals surface area contributed by atoms with Crippen molar-refractivity contribution in [1.29, 1.82) is 0 Å². The molecule has 0 radical (unpaired) electrons. The number of fused-ring (bicyclic) bond motifs is 1. The average molecular weight is 446 g/mol. The van der Waals surface area contributed by atoms with Crippen LogP contribution in [-0.4, -0.2) is 54.9 Å². The molecular formula is C20H22N4O6S. The molecule has 11 heteroatoms. The Morgan fingerprint density at radius 1 is 1.23 bits per heavy atom. The molecule has 0 spiro atoms. The van der Waals surface area contributed by atoms with E-state index in [1.54, 1.807) is 40.8 Å². The second kappa shape index (κ2) is 7.26. The van der Waals surface area contributed by atoms with Crippen LogP contribution in [0.2, 0.25) is 0 Å². The lowest BCUT2D eigenvalue weighted by atomic mass is 10.1. The second-order valence-electron chi connectivity index (χ2n) is 8.10. The first-order valence-corrected chi connectivity index (χ1v) is 11.9. The van der Waals surface area contributed by atoms with Gasteiger partial charge in [-0.2, -0.15) is 5.10 Å². The van der Waals surface area contributed by atoms with Gasteiger partial charge in [0.1, 0.15) is 5.82 Å². The number of benzene rings is 1. The third kappa shape index (κ3) is 3.73. The highest BCUT2D eigenvalue weighted by molar-refractivity contribution is 7.91. The number of nitrogens with one attached hydrogen (secondary N) is 1. The molecule has 1 aromatic heterocycles. The van der Waals surface area contributed by atoms with Crippen LogP contribution in [0, 0.1) is 12.8 Å². The van der Waals surface area contributed by atoms with Crippen LogP contribution in [0.1, 0.15) is 24.6 Å². The summed E-state index contributed by atoms with van der Waals surface area (Å²) >= 11 is 0. The Balaban J connectivity index is 1.30. The summed E-state index contributed by atoms with van der Waals surface area (Å²) in [7, 11) is -3.09. The third-order valence-corrected chi connectivity index (χ3v) is 7.58. The van der Waals surface area contributed by atoms with E-state index in [0.717, 1.165) is 0 Å². The zero-order valence-corrected chi connectivity index (χ0v) is 17.7. The minimum atomic E-state index is -3.09. The molecule has 164 valence electrons. The molecule has 2 saturated heterocycles. The lowest BCUT2D eigenvalue weighted by Gasteiger charge is -2.18. The maximum absolute atomic E-state index is 12.9. The van der Waals surface area contributed by atoms with Gasteiger partial charge in [-0.15, -0.1) is 0 Å². The standard InChI is InChI=1S/C20H22N4O6S/c1-12-6-18(24(22-12)15-4-5-31(27,28)10-15)21-20(26)13-7-19(25)23(9-13)14-2-3-16-17(8-14)30-11-29-16/h2-3,6,8,13,15H,4-5,7,9-11H2,1H3,(H,21,26). The fourth-order valence-corrected chi connectivity index (χ4v) is 5.96. The molecule has 31 heavy (non-hydrogen) atoms. The van der Waals surface area contributed by atoms with Crippen molar-refractivity contribution in [3.05, 3.63) is 30.0 Å². The number of hydrogen-bond acceptors (Lipinski definition) is 7. The summed E-state index contributed by atoms with van der Waals surface area (Å²) in [5.41, 5.74) is 1.34. The van der Waals surface area contributed by atoms with Crippen molar-refractivity contribution in [2.24, 2.45) is 5.92 Å². The molecule has 2 amide bonds. The summed E-state index contributed by atoms with van der Waals surface area (Å²) in [6.45, 7) is 2.18. The minimum Gasteiger partial charge on any atom is -0.454 e. The van der Waals surface area contributed by atoms with E-state index in [0.29, 0.717) is 35.1 Å². The molecule has 2 atom stereocenters. The molecule has 1 aromatic carbocycles. The van der Waals surface area contributed by atoms with Crippen molar-refractivity contribution < 1.29 is 27.5 Å². The van der Waals surface area contributed by atoms with Gasteiger partial charge in [-0.1, -0.05) is 0 Å². The summed E-state index contributed by atoms with van der Waals surface area (Å²) in [4.78, 5) is 27.1. The summed E-state index contributed by atoms with van der Waals surface area (Å²) in [6, 6.07) is 6.67. The topological polar surface area (TPSA) is 120 Å². The molecule has 10 nitrogen and oxygen atoms in total. The van der Waals surface area contributed by atoms with Gasteiger partial charge in [0.05, 0.1) is 29.2 Å². The normalized spacial score (nSPS) is 24.0. The predicted molar refractivity (Wildman–Crippen MR) is 111 cm³/mol. The maximum atomic E-state index is 12.9. The number of aryl methyl sites for hydroxylation is 1. The van der Waals surface area contributed by atoms with Gasteiger partial charge in [0.15, 0.2) is 21.3 Å². The highest BCUT2D eigenvalue weighted by Crippen LogP contribution is 2.37. The zero-order valence-electron chi connectivity index (χ0n) is 16.9. The first-order valence-electron chi connectivity index (χ1n) is 10.1. The van der Waals surface area contributed by atoms with E-state index >= 15 is 0 Å². The van der Waals surface area contributed by atoms with E-state index in [4.69, 9.17) is 9.47 Å². The molecule has 0 bridgehead atoms. The van der Waals surface area contributed by atoms with Crippen molar-refractivity contribution in [3.8, 4) is 11.5 Å². The smallest absolute Gasteiger partial charge is 0.231 e. The van der Waals surface area contributed by atoms with Crippen molar-refractivity contribution in [2.45, 2.75) is 25.8 Å². The number of sulfone groups is 1. The van der Waals surface area contributed by atoms with Gasteiger partial charge < -0.3 is 19.7 Å². The zero-order chi connectivity index (χ0) is 21.8. The Bertz CT molecular complexity index is 1170. The molecular weight excluding hydrogens is 424 g/mol. The predicted octanol–water partition coefficient (Wildman–Crippen LogP) is 1.27. The molecule has 0 aliphatic carbocycles. The van der Waals surface area contributed by atoms with Gasteiger partial charge in [-0.3, -0.25) is 9.59 Å². The Kier molecular flexibility index (Phi) is 4.65. The average Bonchev–Trinajstić information content (AvgIpc) is 3.47. The number of anilines is 2. The summed E-state index contributed by atoms with van der Waals surface area (Å²) in [6.07, 6.45) is 0.553. The highest BCUT2D eigenvalue weighted by Gasteiger charge is 2.37. The van der Waals surface area contributed by atoms with Crippen molar-refractivity contribution >= 4 is 33.2 Å². The van der Waals surface area contributed by atoms with Gasteiger partial charge in [0.2, 0.25) is 18.6 Å². The van der Waals surface area contributed by atoms with Gasteiger partial charge in [0.25, 0.3) is 0 Å². The van der Waals surface area contributed by atoms with Gasteiger partial charge in [0, 0.05) is 30.8 Å². The largest absolute Gasteiger partial charge is 0.454 e. The van der Waals surface area contributed by atoms with E-state index < -0.39 is 15.8 Å². The number of hydrogen-bond donors (Lipinski definition) is 1. The molecule has 3 aliphatic rings. The van der Waals surface area contributed by atoms with E-state index in [1.807, 2.05) is 0 Å². The van der Waals surface area contributed by atoms with E-state index in [2.05, 4.69) is 10.4 Å². The van der Waals surface area contributed by atoms with Crippen molar-refractivity contribution in [2.75, 3.05) is 35.1 Å². The lowest BCUT2D eigenvalue weighted by Crippen LogP contribution is -2.29. The van der Waals surface area contributed by atoms with Crippen LogP contribution in [0.3, 0.4) is 0 Å². The molecule has 5 rings (SSSR count). The van der Waals surface area contributed by atoms with Crippen molar-refractivity contribution in [1.82, 2.24) is 9.78 Å². The van der Waals surface area contributed by atoms with E-state index in [1.165, 1.54) is 0 Å². The first kappa shape index (κ1) is 19.9. The van der Waals surface area contributed by atoms with Crippen LogP contribution >= 0.6 is 0 Å². The Hall–Kier alpha value is -3.08. The molecule has 3 aliphatic heterocycles. The summed E-state index contributed by atoms with van der Waals surface area (Å²) in [5.74, 6) is 0.811. The van der Waals surface area contributed by atoms with Crippen molar-refractivity contribution in [3.63, 3.8) is 0 Å². The molecule has 2 unspecified atom stereocenters. The Morgan fingerprint density at radius 3 is 2.81 bits per heavy atom. The number of carbonyl (C=O) groups is 2. The minimum absolute atomic E-state index is 0.0107. The van der Waals surface area contributed by atoms with Crippen LogP contribution in [0.5, 0.6) is 11.5 Å². The summed E-state index contributed by atoms with van der Waals surface area (Å²) in [5, 5.41) is 7.24. The van der Waals surface area contributed by atoms with Gasteiger partial charge >= 0.3 is 0 Å². The third-order valence-electron chi connectivity index (χ3n) is 5.83. The number of ether oxygens (including phenoxy) is 2. The van der Waals surface area contributed by atoms with Crippen LogP contribution < -0.4 is 19.7 Å². The second-order valence-corrected chi connectivity index (χ2v) is 10.3. The molecule has 2 aromatic rings. The lowest BCUT2D eigenvalue weighted by molar-refractivity contribution is -0.122. The molecule has 2 fully saturated rings. The van der Waals surface area contributed by atoms with Gasteiger partial charge in [-0.25, -0.2) is 13.1 Å². The maximum Gasteiger partial charge on any atom is 0.231 e. The molecule has 1 N–H and O–H groups in total. The van der Waals surface area contributed by atoms with Crippen LogP contribution in [0.4, 0.5) is 11.5 Å². The number of rotatable bonds is 4. The number of nitrogens with zero attached hydrogens (tertiary/aromatic N) is 3. The molecule has 4 heterocycles. The monoisotopic (exact) mass is 446 g/mol. The van der Waals surface area contributed by atoms with Crippen LogP contribution in [-0.2, 0) is 19.4 Å². The quantitative estimate of drug-likeness (QED) is 0.751. The summed E-state index contributed by atoms with van der Waals surface area (Å²) < 4.78 is 36.0. The highest BCUT2D eigenvalue weighted by atomic mass is 32.2. The first-order chi connectivity index (χ1) is 14.8. The van der Waals surface area contributed by atoms with Gasteiger partial charge in [-0.05, 0) is 25.5 Å². The fourth-order valence-electron chi connectivity index (χ4n) is 4.27. The van der Waals surface area contributed by atoms with E-state index in [-0.39, 0.29) is 49.1 Å². The van der Waals surface area contributed by atoms with Crippen LogP contribution in [0.25, 0.3) is 0 Å². The fraction of sp³-hybridized carbons (Fsp3) is 0.450. The van der Waals surface area contributed by atoms with E-state index in [9.17, 15) is 18.0 Å². The SMILES string of the molecule is Cc1cc(NC(=O)C2CC(=O)N(c3ccc4c(c3)OCO4)C2)n(C2CCS(=O)(=O)C2)n1. The Labute approximate surface area is 179 Å². The number of aromatic nitrogens is 2. The van der Waals surface area contributed by atoms with Crippen LogP contribution in [0.15, 0.2) is 24.3 Å². The number of carbonyl (C=O) groups excluding carboxylic acids is 2. The Morgan fingerprint density at radius 2 is 2.03 bits per heavy atom.